The van der Waals surface area contributed by atoms with E-state index in [1.54, 1.807) is 40.1 Å². The van der Waals surface area contributed by atoms with Gasteiger partial charge in [-0.15, -0.1) is 0 Å². The van der Waals surface area contributed by atoms with Crippen LogP contribution in [0.2, 0.25) is 0 Å². The van der Waals surface area contributed by atoms with E-state index < -0.39 is 17.1 Å². The monoisotopic (exact) mass is 440 g/mol. The molecule has 1 saturated carbocycles. The van der Waals surface area contributed by atoms with Crippen molar-refractivity contribution < 1.29 is 23.1 Å². The van der Waals surface area contributed by atoms with Crippen molar-refractivity contribution in [2.75, 3.05) is 19.6 Å². The summed E-state index contributed by atoms with van der Waals surface area (Å²) in [5.41, 5.74) is -0.296. The molecule has 0 aromatic heterocycles. The van der Waals surface area contributed by atoms with E-state index in [9.17, 15) is 18.4 Å². The van der Waals surface area contributed by atoms with E-state index in [1.807, 2.05) is 0 Å². The first kappa shape index (κ1) is 20.9. The lowest BCUT2D eigenvalue weighted by atomic mass is 9.77. The Kier molecular flexibility index (Phi) is 5.14. The lowest BCUT2D eigenvalue weighted by Crippen LogP contribution is -2.47. The van der Waals surface area contributed by atoms with Gasteiger partial charge in [0.05, 0.1) is 18.5 Å². The fourth-order valence-electron chi connectivity index (χ4n) is 5.58. The summed E-state index contributed by atoms with van der Waals surface area (Å²) >= 11 is 0. The second kappa shape index (κ2) is 7.87. The molecule has 3 fully saturated rings. The van der Waals surface area contributed by atoms with Gasteiger partial charge in [-0.1, -0.05) is 43.2 Å². The number of benzene rings is 2. The van der Waals surface area contributed by atoms with Crippen molar-refractivity contribution in [2.24, 2.45) is 0 Å². The second-order valence-electron chi connectivity index (χ2n) is 9.28. The van der Waals surface area contributed by atoms with Gasteiger partial charge in [0.15, 0.2) is 5.60 Å². The summed E-state index contributed by atoms with van der Waals surface area (Å²) in [7, 11) is 0. The predicted octanol–water partition coefficient (Wildman–Crippen LogP) is 4.40. The zero-order chi connectivity index (χ0) is 22.3. The molecule has 2 saturated heterocycles. The highest BCUT2D eigenvalue weighted by Crippen LogP contribution is 2.45. The van der Waals surface area contributed by atoms with Crippen LogP contribution >= 0.6 is 0 Å². The molecule has 2 aromatic carbocycles. The molecule has 2 amide bonds. The molecule has 32 heavy (non-hydrogen) atoms. The van der Waals surface area contributed by atoms with Crippen molar-refractivity contribution in [3.8, 4) is 0 Å². The highest BCUT2D eigenvalue weighted by atomic mass is 19.1. The standard InChI is InChI=1S/C25H26F2N2O3/c26-19-9-7-18(8-10-19)15-29-17-24(32-23(29)31)13-14-28(16-24)22(30)25(11-3-4-12-25)20-5-1-2-6-21(20)27/h1-2,5-10H,3-4,11-17H2/t24-/m1/s1. The van der Waals surface area contributed by atoms with Gasteiger partial charge in [0.2, 0.25) is 5.91 Å². The number of hydrogen-bond donors (Lipinski definition) is 0. The van der Waals surface area contributed by atoms with Crippen LogP contribution in [0.1, 0.15) is 43.2 Å². The Morgan fingerprint density at radius 2 is 1.69 bits per heavy atom. The zero-order valence-electron chi connectivity index (χ0n) is 17.9. The largest absolute Gasteiger partial charge is 0.439 e. The quantitative estimate of drug-likeness (QED) is 0.708. The Hall–Kier alpha value is -2.96. The lowest BCUT2D eigenvalue weighted by Gasteiger charge is -2.33. The summed E-state index contributed by atoms with van der Waals surface area (Å²) in [5.74, 6) is -0.728. The van der Waals surface area contributed by atoms with Gasteiger partial charge in [0, 0.05) is 25.1 Å². The Balaban J connectivity index is 1.32. The van der Waals surface area contributed by atoms with E-state index in [0.717, 1.165) is 18.4 Å². The first-order valence-corrected chi connectivity index (χ1v) is 11.2. The van der Waals surface area contributed by atoms with E-state index in [-0.39, 0.29) is 17.5 Å². The Bertz CT molecular complexity index is 1040. The van der Waals surface area contributed by atoms with Gasteiger partial charge in [-0.25, -0.2) is 13.6 Å². The van der Waals surface area contributed by atoms with Crippen LogP contribution in [0.5, 0.6) is 0 Å². The first-order chi connectivity index (χ1) is 15.4. The summed E-state index contributed by atoms with van der Waals surface area (Å²) in [4.78, 5) is 29.6. The average Bonchev–Trinajstić information content (AvgIpc) is 3.50. The van der Waals surface area contributed by atoms with E-state index in [2.05, 4.69) is 0 Å². The maximum absolute atomic E-state index is 14.7. The van der Waals surface area contributed by atoms with E-state index in [0.29, 0.717) is 51.0 Å². The highest BCUT2D eigenvalue weighted by molar-refractivity contribution is 5.89. The van der Waals surface area contributed by atoms with E-state index in [1.165, 1.54) is 18.2 Å². The zero-order valence-corrected chi connectivity index (χ0v) is 17.9. The molecule has 5 rings (SSSR count). The number of hydrogen-bond acceptors (Lipinski definition) is 3. The molecule has 1 aliphatic carbocycles. The molecule has 0 radical (unpaired) electrons. The number of ether oxygens (including phenoxy) is 1. The molecule has 0 unspecified atom stereocenters. The number of carbonyl (C=O) groups is 2. The number of rotatable bonds is 4. The van der Waals surface area contributed by atoms with Crippen LogP contribution in [0.15, 0.2) is 48.5 Å². The summed E-state index contributed by atoms with van der Waals surface area (Å²) in [6, 6.07) is 12.6. The van der Waals surface area contributed by atoms with Crippen LogP contribution < -0.4 is 0 Å². The van der Waals surface area contributed by atoms with Gasteiger partial charge in [0.1, 0.15) is 11.6 Å². The van der Waals surface area contributed by atoms with Gasteiger partial charge in [-0.2, -0.15) is 0 Å². The van der Waals surface area contributed by atoms with Crippen molar-refractivity contribution >= 4 is 12.0 Å². The number of carbonyl (C=O) groups excluding carboxylic acids is 2. The minimum absolute atomic E-state index is 0.0648. The Morgan fingerprint density at radius 1 is 0.969 bits per heavy atom. The summed E-state index contributed by atoms with van der Waals surface area (Å²) in [5, 5.41) is 0. The molecule has 2 aliphatic heterocycles. The van der Waals surface area contributed by atoms with Crippen LogP contribution in [0, 0.1) is 11.6 Å². The lowest BCUT2D eigenvalue weighted by molar-refractivity contribution is -0.137. The third-order valence-electron chi connectivity index (χ3n) is 7.19. The minimum atomic E-state index is -0.840. The molecule has 2 heterocycles. The van der Waals surface area contributed by atoms with Crippen molar-refractivity contribution in [1.82, 2.24) is 9.80 Å². The maximum atomic E-state index is 14.7. The van der Waals surface area contributed by atoms with E-state index >= 15 is 0 Å². The number of amides is 2. The fourth-order valence-corrected chi connectivity index (χ4v) is 5.58. The summed E-state index contributed by atoms with van der Waals surface area (Å²) in [6.45, 7) is 1.49. The molecule has 1 atom stereocenters. The summed E-state index contributed by atoms with van der Waals surface area (Å²) < 4.78 is 33.6. The van der Waals surface area contributed by atoms with Crippen molar-refractivity contribution in [3.05, 3.63) is 71.3 Å². The van der Waals surface area contributed by atoms with Crippen LogP contribution in [-0.4, -0.2) is 47.0 Å². The topological polar surface area (TPSA) is 49.9 Å². The molecule has 0 N–H and O–H groups in total. The van der Waals surface area contributed by atoms with Gasteiger partial charge in [0.25, 0.3) is 0 Å². The SMILES string of the molecule is O=C1O[C@@]2(CCN(C(=O)C3(c4ccccc4F)CCCC3)C2)CN1Cc1ccc(F)cc1. The number of nitrogens with zero attached hydrogens (tertiary/aromatic N) is 2. The molecule has 0 bridgehead atoms. The molecule has 7 heteroatoms. The second-order valence-corrected chi connectivity index (χ2v) is 9.28. The molecule has 1 spiro atoms. The van der Waals surface area contributed by atoms with E-state index in [4.69, 9.17) is 4.74 Å². The Morgan fingerprint density at radius 3 is 2.41 bits per heavy atom. The summed E-state index contributed by atoms with van der Waals surface area (Å²) in [6.07, 6.45) is 3.17. The maximum Gasteiger partial charge on any atom is 0.410 e. The van der Waals surface area contributed by atoms with Crippen LogP contribution in [0.4, 0.5) is 13.6 Å². The highest BCUT2D eigenvalue weighted by Gasteiger charge is 2.54. The number of likely N-dealkylation sites (tertiary alicyclic amines) is 1. The molecule has 5 nitrogen and oxygen atoms in total. The average molecular weight is 440 g/mol. The van der Waals surface area contributed by atoms with Gasteiger partial charge in [-0.05, 0) is 36.6 Å². The van der Waals surface area contributed by atoms with Crippen LogP contribution in [-0.2, 0) is 21.5 Å². The van der Waals surface area contributed by atoms with Crippen LogP contribution in [0.3, 0.4) is 0 Å². The van der Waals surface area contributed by atoms with Crippen molar-refractivity contribution in [3.63, 3.8) is 0 Å². The molecular weight excluding hydrogens is 414 g/mol. The predicted molar refractivity (Wildman–Crippen MR) is 114 cm³/mol. The van der Waals surface area contributed by atoms with Gasteiger partial charge < -0.3 is 9.64 Å². The number of halogens is 2. The third kappa shape index (κ3) is 3.53. The van der Waals surface area contributed by atoms with Gasteiger partial charge in [-0.3, -0.25) is 9.69 Å². The molecule has 2 aromatic rings. The minimum Gasteiger partial charge on any atom is -0.439 e. The molecular formula is C25H26F2N2O3. The van der Waals surface area contributed by atoms with Gasteiger partial charge >= 0.3 is 6.09 Å². The molecule has 168 valence electrons. The Labute approximate surface area is 186 Å². The smallest absolute Gasteiger partial charge is 0.410 e. The normalized spacial score (nSPS) is 24.4. The third-order valence-corrected chi connectivity index (χ3v) is 7.19. The van der Waals surface area contributed by atoms with Crippen LogP contribution in [0.25, 0.3) is 0 Å². The molecule has 3 aliphatic rings. The first-order valence-electron chi connectivity index (χ1n) is 11.2. The van der Waals surface area contributed by atoms with Crippen molar-refractivity contribution in [1.29, 1.82) is 0 Å². The fraction of sp³-hybridized carbons (Fsp3) is 0.440. The van der Waals surface area contributed by atoms with Crippen molar-refractivity contribution in [2.45, 2.75) is 49.7 Å².